The third-order valence-electron chi connectivity index (χ3n) is 2.08. The molecule has 1 aliphatic rings. The molecule has 1 fully saturated rings. The molecule has 0 aromatic carbocycles. The van der Waals surface area contributed by atoms with E-state index in [1.54, 1.807) is 4.68 Å². The quantitative estimate of drug-likeness (QED) is 0.772. The highest BCUT2D eigenvalue weighted by molar-refractivity contribution is 9.10. The van der Waals surface area contributed by atoms with Crippen LogP contribution >= 0.6 is 15.9 Å². The lowest BCUT2D eigenvalue weighted by atomic mass is 10.2. The summed E-state index contributed by atoms with van der Waals surface area (Å²) in [6, 6.07) is 0.197. The largest absolute Gasteiger partial charge is 0.378 e. The molecule has 0 bridgehead atoms. The highest BCUT2D eigenvalue weighted by atomic mass is 79.9. The highest BCUT2D eigenvalue weighted by Crippen LogP contribution is 2.21. The first-order valence-corrected chi connectivity index (χ1v) is 4.94. The second-order valence-corrected chi connectivity index (χ2v) is 3.72. The molecule has 1 saturated heterocycles. The molecule has 1 aromatic heterocycles. The third-order valence-corrected chi connectivity index (χ3v) is 2.64. The second kappa shape index (κ2) is 3.73. The lowest BCUT2D eigenvalue weighted by molar-refractivity contribution is 0.0742. The van der Waals surface area contributed by atoms with Crippen molar-refractivity contribution in [3.8, 4) is 0 Å². The van der Waals surface area contributed by atoms with Crippen molar-refractivity contribution in [2.75, 3.05) is 19.8 Å². The molecule has 2 heterocycles. The van der Waals surface area contributed by atoms with Crippen molar-refractivity contribution in [3.63, 3.8) is 0 Å². The molecule has 0 spiro atoms. The maximum Gasteiger partial charge on any atom is 0.153 e. The van der Waals surface area contributed by atoms with E-state index in [9.17, 15) is 0 Å². The Morgan fingerprint density at radius 1 is 1.69 bits per heavy atom. The summed E-state index contributed by atoms with van der Waals surface area (Å²) in [6.07, 6.45) is 0. The highest BCUT2D eigenvalue weighted by Gasteiger charge is 2.21. The standard InChI is InChI=1S/C7H11BrN4O/c1-12-6(7(8)10-11-12)5-4-13-3-2-9-5/h5,9H,2-4H2,1H3. The number of ether oxygens (including phenoxy) is 1. The van der Waals surface area contributed by atoms with Gasteiger partial charge in [-0.1, -0.05) is 5.21 Å². The molecule has 1 aliphatic heterocycles. The molecule has 13 heavy (non-hydrogen) atoms. The van der Waals surface area contributed by atoms with Crippen LogP contribution in [0.15, 0.2) is 4.60 Å². The fourth-order valence-electron chi connectivity index (χ4n) is 1.45. The van der Waals surface area contributed by atoms with Crippen LogP contribution in [0.25, 0.3) is 0 Å². The zero-order chi connectivity index (χ0) is 9.26. The average Bonchev–Trinajstić information content (AvgIpc) is 2.48. The first-order chi connectivity index (χ1) is 6.29. The molecule has 6 heteroatoms. The Morgan fingerprint density at radius 3 is 3.08 bits per heavy atom. The normalized spacial score (nSPS) is 23.4. The van der Waals surface area contributed by atoms with Gasteiger partial charge in [0, 0.05) is 13.6 Å². The van der Waals surface area contributed by atoms with Gasteiger partial charge in [0.1, 0.15) is 0 Å². The van der Waals surface area contributed by atoms with E-state index in [2.05, 4.69) is 31.6 Å². The summed E-state index contributed by atoms with van der Waals surface area (Å²) in [7, 11) is 1.88. The monoisotopic (exact) mass is 246 g/mol. The Hall–Kier alpha value is -0.460. The average molecular weight is 247 g/mol. The predicted molar refractivity (Wildman–Crippen MR) is 50.3 cm³/mol. The summed E-state index contributed by atoms with van der Waals surface area (Å²) in [4.78, 5) is 0. The Morgan fingerprint density at radius 2 is 2.54 bits per heavy atom. The lowest BCUT2D eigenvalue weighted by Gasteiger charge is -2.23. The summed E-state index contributed by atoms with van der Waals surface area (Å²) in [5.74, 6) is 0. The summed E-state index contributed by atoms with van der Waals surface area (Å²) in [5.41, 5.74) is 1.04. The smallest absolute Gasteiger partial charge is 0.153 e. The van der Waals surface area contributed by atoms with E-state index in [1.165, 1.54) is 0 Å². The van der Waals surface area contributed by atoms with E-state index in [-0.39, 0.29) is 6.04 Å². The number of nitrogens with zero attached hydrogens (tertiary/aromatic N) is 3. The number of morpholine rings is 1. The molecule has 1 N–H and O–H groups in total. The van der Waals surface area contributed by atoms with Crippen LogP contribution in [-0.2, 0) is 11.8 Å². The summed E-state index contributed by atoms with van der Waals surface area (Å²) >= 11 is 3.36. The first-order valence-electron chi connectivity index (χ1n) is 4.15. The van der Waals surface area contributed by atoms with Crippen molar-refractivity contribution in [1.29, 1.82) is 0 Å². The third kappa shape index (κ3) is 1.74. The minimum absolute atomic E-state index is 0.197. The molecule has 2 rings (SSSR count). The van der Waals surface area contributed by atoms with Gasteiger partial charge in [-0.3, -0.25) is 0 Å². The van der Waals surface area contributed by atoms with Crippen molar-refractivity contribution in [3.05, 3.63) is 10.3 Å². The van der Waals surface area contributed by atoms with Crippen molar-refractivity contribution in [1.82, 2.24) is 20.3 Å². The van der Waals surface area contributed by atoms with Gasteiger partial charge in [-0.25, -0.2) is 4.68 Å². The fraction of sp³-hybridized carbons (Fsp3) is 0.714. The fourth-order valence-corrected chi connectivity index (χ4v) is 2.05. The summed E-state index contributed by atoms with van der Waals surface area (Å²) in [6.45, 7) is 2.33. The van der Waals surface area contributed by atoms with E-state index in [0.717, 1.165) is 23.4 Å². The van der Waals surface area contributed by atoms with Crippen LogP contribution in [0.4, 0.5) is 0 Å². The molecule has 0 radical (unpaired) electrons. The zero-order valence-electron chi connectivity index (χ0n) is 7.33. The van der Waals surface area contributed by atoms with Gasteiger partial charge in [0.2, 0.25) is 0 Å². The van der Waals surface area contributed by atoms with Gasteiger partial charge in [0.25, 0.3) is 0 Å². The number of aromatic nitrogens is 3. The zero-order valence-corrected chi connectivity index (χ0v) is 8.91. The summed E-state index contributed by atoms with van der Waals surface area (Å²) in [5, 5.41) is 11.2. The number of rotatable bonds is 1. The molecule has 1 atom stereocenters. The van der Waals surface area contributed by atoms with Crippen LogP contribution < -0.4 is 5.32 Å². The number of hydrogen-bond donors (Lipinski definition) is 1. The van der Waals surface area contributed by atoms with Gasteiger partial charge in [-0.05, 0) is 15.9 Å². The van der Waals surface area contributed by atoms with Crippen molar-refractivity contribution < 1.29 is 4.74 Å². The van der Waals surface area contributed by atoms with Crippen molar-refractivity contribution in [2.24, 2.45) is 7.05 Å². The molecular formula is C7H11BrN4O. The number of hydrogen-bond acceptors (Lipinski definition) is 4. The first kappa shape index (κ1) is 9.11. The van der Waals surface area contributed by atoms with Crippen LogP contribution in [0, 0.1) is 0 Å². The van der Waals surface area contributed by atoms with Crippen molar-refractivity contribution >= 4 is 15.9 Å². The molecule has 1 aromatic rings. The van der Waals surface area contributed by atoms with E-state index in [4.69, 9.17) is 4.74 Å². The maximum atomic E-state index is 5.36. The Labute approximate surface area is 84.6 Å². The Kier molecular flexibility index (Phi) is 2.61. The van der Waals surface area contributed by atoms with Crippen LogP contribution in [0.2, 0.25) is 0 Å². The van der Waals surface area contributed by atoms with Gasteiger partial charge < -0.3 is 10.1 Å². The van der Waals surface area contributed by atoms with Crippen LogP contribution in [-0.4, -0.2) is 34.8 Å². The second-order valence-electron chi connectivity index (χ2n) is 2.97. The van der Waals surface area contributed by atoms with E-state index >= 15 is 0 Å². The SMILES string of the molecule is Cn1nnc(Br)c1C1COCCN1. The lowest BCUT2D eigenvalue weighted by Crippen LogP contribution is -2.35. The minimum Gasteiger partial charge on any atom is -0.378 e. The van der Waals surface area contributed by atoms with Crippen molar-refractivity contribution in [2.45, 2.75) is 6.04 Å². The molecule has 5 nitrogen and oxygen atoms in total. The predicted octanol–water partition coefficient (Wildman–Crippen LogP) is 0.238. The number of aryl methyl sites for hydroxylation is 1. The van der Waals surface area contributed by atoms with Crippen LogP contribution in [0.1, 0.15) is 11.7 Å². The van der Waals surface area contributed by atoms with Gasteiger partial charge >= 0.3 is 0 Å². The molecule has 0 saturated carbocycles. The summed E-state index contributed by atoms with van der Waals surface area (Å²) < 4.78 is 7.91. The molecule has 0 aliphatic carbocycles. The van der Waals surface area contributed by atoms with Gasteiger partial charge in [0.15, 0.2) is 4.60 Å². The van der Waals surface area contributed by atoms with Gasteiger partial charge in [-0.15, -0.1) is 5.10 Å². The van der Waals surface area contributed by atoms with Gasteiger partial charge in [-0.2, -0.15) is 0 Å². The van der Waals surface area contributed by atoms with Crippen LogP contribution in [0.3, 0.4) is 0 Å². The van der Waals surface area contributed by atoms with Gasteiger partial charge in [0.05, 0.1) is 24.9 Å². The molecular weight excluding hydrogens is 236 g/mol. The molecule has 72 valence electrons. The number of halogens is 1. The maximum absolute atomic E-state index is 5.36. The topological polar surface area (TPSA) is 52.0 Å². The Balaban J connectivity index is 2.22. The van der Waals surface area contributed by atoms with Crippen LogP contribution in [0.5, 0.6) is 0 Å². The molecule has 1 unspecified atom stereocenters. The van der Waals surface area contributed by atoms with E-state index < -0.39 is 0 Å². The van der Waals surface area contributed by atoms with E-state index in [0.29, 0.717) is 6.61 Å². The van der Waals surface area contributed by atoms with E-state index in [1.807, 2.05) is 7.05 Å². The molecule has 0 amide bonds. The Bertz CT molecular complexity index is 275. The number of nitrogens with one attached hydrogen (secondary N) is 1. The minimum atomic E-state index is 0.197.